The molecule has 7 nitrogen and oxygen atoms in total. The molecule has 0 saturated carbocycles. The number of aliphatic carboxylic acids is 1. The predicted molar refractivity (Wildman–Crippen MR) is 59.2 cm³/mol. The van der Waals surface area contributed by atoms with Gasteiger partial charge < -0.3 is 5.11 Å². The monoisotopic (exact) mass is 235 g/mol. The minimum Gasteiger partial charge on any atom is -0.479 e. The molecule has 7 heteroatoms. The van der Waals surface area contributed by atoms with E-state index in [1.807, 2.05) is 0 Å². The molecule has 1 N–H and O–H groups in total. The van der Waals surface area contributed by atoms with Gasteiger partial charge in [-0.3, -0.25) is 4.68 Å². The number of nitrogens with zero attached hydrogens (tertiary/aromatic N) is 5. The van der Waals surface area contributed by atoms with Gasteiger partial charge in [0.25, 0.3) is 0 Å². The Labute approximate surface area is 97.7 Å². The molecular formula is C10H13N5O2. The highest BCUT2D eigenvalue weighted by atomic mass is 16.4. The lowest BCUT2D eigenvalue weighted by Crippen LogP contribution is -2.36. The Bertz CT molecular complexity index is 555. The fourth-order valence-corrected chi connectivity index (χ4v) is 1.38. The van der Waals surface area contributed by atoms with Crippen LogP contribution in [-0.2, 0) is 17.4 Å². The third-order valence-electron chi connectivity index (χ3n) is 2.67. The van der Waals surface area contributed by atoms with Crippen molar-refractivity contribution in [3.05, 3.63) is 18.5 Å². The summed E-state index contributed by atoms with van der Waals surface area (Å²) in [5.74, 6) is -0.959. The number of rotatable bonds is 3. The number of carboxylic acid groups (broad SMARTS) is 1. The van der Waals surface area contributed by atoms with E-state index in [1.165, 1.54) is 4.68 Å². The Balaban J connectivity index is 2.41. The topological polar surface area (TPSA) is 85.8 Å². The third-order valence-corrected chi connectivity index (χ3v) is 2.67. The molecule has 0 bridgehead atoms. The van der Waals surface area contributed by atoms with Gasteiger partial charge >= 0.3 is 5.97 Å². The zero-order valence-corrected chi connectivity index (χ0v) is 9.82. The van der Waals surface area contributed by atoms with Crippen molar-refractivity contribution in [2.24, 2.45) is 7.05 Å². The Morgan fingerprint density at radius 3 is 2.71 bits per heavy atom. The summed E-state index contributed by atoms with van der Waals surface area (Å²) in [5, 5.41) is 20.9. The summed E-state index contributed by atoms with van der Waals surface area (Å²) in [5.41, 5.74) is 0.265. The smallest absolute Gasteiger partial charge is 0.331 e. The number of hydrogen-bond acceptors (Lipinski definition) is 4. The van der Waals surface area contributed by atoms with Crippen LogP contribution < -0.4 is 0 Å². The molecule has 17 heavy (non-hydrogen) atoms. The first-order valence-electron chi connectivity index (χ1n) is 5.07. The quantitative estimate of drug-likeness (QED) is 0.837. The van der Waals surface area contributed by atoms with E-state index >= 15 is 0 Å². The SMILES string of the molecule is Cn1nccc1-c1cn(C(C)(C)C(=O)O)nn1. The summed E-state index contributed by atoms with van der Waals surface area (Å²) in [7, 11) is 1.79. The van der Waals surface area contributed by atoms with Crippen molar-refractivity contribution in [2.45, 2.75) is 19.4 Å². The first kappa shape index (κ1) is 11.3. The largest absolute Gasteiger partial charge is 0.479 e. The lowest BCUT2D eigenvalue weighted by Gasteiger charge is -2.18. The van der Waals surface area contributed by atoms with Gasteiger partial charge in [0, 0.05) is 13.2 Å². The van der Waals surface area contributed by atoms with E-state index in [2.05, 4.69) is 15.4 Å². The minimum absolute atomic E-state index is 0.597. The van der Waals surface area contributed by atoms with Crippen molar-refractivity contribution in [3.8, 4) is 11.4 Å². The average molecular weight is 235 g/mol. The first-order valence-corrected chi connectivity index (χ1v) is 5.07. The summed E-state index contributed by atoms with van der Waals surface area (Å²) in [6.45, 7) is 3.13. The number of aryl methyl sites for hydroxylation is 1. The molecule has 0 aliphatic rings. The Kier molecular flexibility index (Phi) is 2.45. The maximum absolute atomic E-state index is 11.1. The molecule has 2 aromatic heterocycles. The summed E-state index contributed by atoms with van der Waals surface area (Å²) in [6, 6.07) is 1.79. The normalized spacial score (nSPS) is 11.7. The highest BCUT2D eigenvalue weighted by molar-refractivity contribution is 5.75. The van der Waals surface area contributed by atoms with E-state index in [1.54, 1.807) is 44.0 Å². The molecule has 0 atom stereocenters. The second-order valence-electron chi connectivity index (χ2n) is 4.25. The van der Waals surface area contributed by atoms with Gasteiger partial charge in [0.15, 0.2) is 5.54 Å². The van der Waals surface area contributed by atoms with Gasteiger partial charge in [-0.05, 0) is 19.9 Å². The highest BCUT2D eigenvalue weighted by Crippen LogP contribution is 2.19. The molecule has 2 aromatic rings. The second-order valence-corrected chi connectivity index (χ2v) is 4.25. The zero-order chi connectivity index (χ0) is 12.6. The Hall–Kier alpha value is -2.18. The van der Waals surface area contributed by atoms with Crippen molar-refractivity contribution in [1.82, 2.24) is 24.8 Å². The lowest BCUT2D eigenvalue weighted by molar-refractivity contribution is -0.146. The Morgan fingerprint density at radius 2 is 2.18 bits per heavy atom. The fraction of sp³-hybridized carbons (Fsp3) is 0.400. The molecule has 2 rings (SSSR count). The number of hydrogen-bond donors (Lipinski definition) is 1. The average Bonchev–Trinajstić information content (AvgIpc) is 2.85. The maximum Gasteiger partial charge on any atom is 0.331 e. The summed E-state index contributed by atoms with van der Waals surface area (Å²) < 4.78 is 2.99. The maximum atomic E-state index is 11.1. The molecule has 0 fully saturated rings. The van der Waals surface area contributed by atoms with Crippen molar-refractivity contribution >= 4 is 5.97 Å². The molecule has 0 saturated heterocycles. The Morgan fingerprint density at radius 1 is 1.47 bits per heavy atom. The number of carbonyl (C=O) groups is 1. The summed E-state index contributed by atoms with van der Waals surface area (Å²) >= 11 is 0. The van der Waals surface area contributed by atoms with Crippen LogP contribution in [0.4, 0.5) is 0 Å². The van der Waals surface area contributed by atoms with Crippen molar-refractivity contribution in [3.63, 3.8) is 0 Å². The molecule has 0 aromatic carbocycles. The van der Waals surface area contributed by atoms with Crippen LogP contribution in [0, 0.1) is 0 Å². The van der Waals surface area contributed by atoms with Gasteiger partial charge in [-0.15, -0.1) is 5.10 Å². The van der Waals surface area contributed by atoms with E-state index < -0.39 is 11.5 Å². The van der Waals surface area contributed by atoms with Gasteiger partial charge in [0.05, 0.1) is 11.9 Å². The lowest BCUT2D eigenvalue weighted by atomic mass is 10.1. The summed E-state index contributed by atoms with van der Waals surface area (Å²) in [4.78, 5) is 11.1. The molecule has 0 aliphatic carbocycles. The van der Waals surface area contributed by atoms with E-state index in [4.69, 9.17) is 5.11 Å². The fourth-order valence-electron chi connectivity index (χ4n) is 1.38. The van der Waals surface area contributed by atoms with Crippen LogP contribution in [0.5, 0.6) is 0 Å². The molecule has 0 radical (unpaired) electrons. The van der Waals surface area contributed by atoms with Gasteiger partial charge in [0.2, 0.25) is 0 Å². The van der Waals surface area contributed by atoms with Crippen molar-refractivity contribution < 1.29 is 9.90 Å². The van der Waals surface area contributed by atoms with Crippen molar-refractivity contribution in [1.29, 1.82) is 0 Å². The van der Waals surface area contributed by atoms with Crippen LogP contribution in [-0.4, -0.2) is 35.9 Å². The van der Waals surface area contributed by atoms with E-state index in [-0.39, 0.29) is 0 Å². The molecule has 90 valence electrons. The van der Waals surface area contributed by atoms with Crippen LogP contribution >= 0.6 is 0 Å². The third kappa shape index (κ3) is 1.79. The molecule has 2 heterocycles. The number of carboxylic acids is 1. The van der Waals surface area contributed by atoms with Crippen LogP contribution in [0.15, 0.2) is 18.5 Å². The summed E-state index contributed by atoms with van der Waals surface area (Å²) in [6.07, 6.45) is 3.25. The predicted octanol–water partition coefficient (Wildman–Crippen LogP) is 0.498. The van der Waals surface area contributed by atoms with Crippen LogP contribution in [0.25, 0.3) is 11.4 Å². The van der Waals surface area contributed by atoms with Gasteiger partial charge in [-0.1, -0.05) is 5.21 Å². The molecule has 0 spiro atoms. The van der Waals surface area contributed by atoms with Gasteiger partial charge in [-0.2, -0.15) is 5.10 Å². The van der Waals surface area contributed by atoms with Crippen LogP contribution in [0.1, 0.15) is 13.8 Å². The van der Waals surface area contributed by atoms with Crippen LogP contribution in [0.2, 0.25) is 0 Å². The molecular weight excluding hydrogens is 222 g/mol. The van der Waals surface area contributed by atoms with E-state index in [0.29, 0.717) is 5.69 Å². The highest BCUT2D eigenvalue weighted by Gasteiger charge is 2.31. The van der Waals surface area contributed by atoms with Gasteiger partial charge in [-0.25, -0.2) is 9.48 Å². The first-order chi connectivity index (χ1) is 7.93. The van der Waals surface area contributed by atoms with Gasteiger partial charge in [0.1, 0.15) is 5.69 Å². The van der Waals surface area contributed by atoms with E-state index in [0.717, 1.165) is 5.69 Å². The number of aromatic nitrogens is 5. The zero-order valence-electron chi connectivity index (χ0n) is 9.82. The standard InChI is InChI=1S/C10H13N5O2/c1-10(2,9(16)17)15-6-7(12-13-15)8-4-5-11-14(8)3/h4-6H,1-3H3,(H,16,17). The van der Waals surface area contributed by atoms with E-state index in [9.17, 15) is 4.79 Å². The van der Waals surface area contributed by atoms with Crippen molar-refractivity contribution in [2.75, 3.05) is 0 Å². The molecule has 0 unspecified atom stereocenters. The second kappa shape index (κ2) is 3.69. The molecule has 0 aliphatic heterocycles. The molecule has 0 amide bonds. The minimum atomic E-state index is -1.12. The van der Waals surface area contributed by atoms with Crippen LogP contribution in [0.3, 0.4) is 0 Å².